The van der Waals surface area contributed by atoms with Crippen molar-refractivity contribution in [3.8, 4) is 5.69 Å². The molecule has 1 aliphatic rings. The Morgan fingerprint density at radius 2 is 2.06 bits per heavy atom. The van der Waals surface area contributed by atoms with E-state index in [9.17, 15) is 13.6 Å². The molecular weight excluding hydrogens is 238 g/mol. The lowest BCUT2D eigenvalue weighted by molar-refractivity contribution is 0.0972. The zero-order valence-corrected chi connectivity index (χ0v) is 9.49. The van der Waals surface area contributed by atoms with Gasteiger partial charge in [0, 0.05) is 12.5 Å². The van der Waals surface area contributed by atoms with Crippen LogP contribution in [0.15, 0.2) is 24.4 Å². The summed E-state index contributed by atoms with van der Waals surface area (Å²) < 4.78 is 28.0. The second-order valence-corrected chi connectivity index (χ2v) is 4.29. The minimum Gasteiger partial charge on any atom is -0.294 e. The third-order valence-electron chi connectivity index (χ3n) is 3.12. The highest BCUT2D eigenvalue weighted by Gasteiger charge is 2.23. The zero-order valence-electron chi connectivity index (χ0n) is 9.49. The molecule has 18 heavy (non-hydrogen) atoms. The molecule has 0 bridgehead atoms. The number of nitrogens with zero attached hydrogens (tertiary/aromatic N) is 2. The molecule has 92 valence electrons. The number of Topliss-reactive ketones (excluding diaryl/α,β-unsaturated/α-hetero) is 1. The highest BCUT2D eigenvalue weighted by molar-refractivity contribution is 5.98. The molecule has 1 heterocycles. The first-order valence-corrected chi connectivity index (χ1v) is 5.72. The van der Waals surface area contributed by atoms with E-state index in [1.165, 1.54) is 23.0 Å². The Morgan fingerprint density at radius 1 is 1.22 bits per heavy atom. The molecular formula is C13H10F2N2O. The van der Waals surface area contributed by atoms with Gasteiger partial charge in [0.2, 0.25) is 0 Å². The number of carbonyl (C=O) groups excluding carboxylic acids is 1. The van der Waals surface area contributed by atoms with Gasteiger partial charge >= 0.3 is 0 Å². The standard InChI is InChI=1S/C13H10F2N2O/c14-8-4-5-12(10(15)6-8)17-11-2-1-3-13(18)9(11)7-16-17/h4-7H,1-3H2. The Balaban J connectivity index is 2.15. The number of aromatic nitrogens is 2. The Morgan fingerprint density at radius 3 is 2.83 bits per heavy atom. The van der Waals surface area contributed by atoms with Crippen molar-refractivity contribution in [2.24, 2.45) is 0 Å². The maximum Gasteiger partial charge on any atom is 0.166 e. The van der Waals surface area contributed by atoms with Gasteiger partial charge in [-0.1, -0.05) is 0 Å². The van der Waals surface area contributed by atoms with Crippen molar-refractivity contribution in [1.82, 2.24) is 9.78 Å². The molecule has 0 saturated carbocycles. The molecule has 1 aromatic carbocycles. The van der Waals surface area contributed by atoms with Crippen LogP contribution in [0, 0.1) is 11.6 Å². The van der Waals surface area contributed by atoms with Crippen LogP contribution in [0.2, 0.25) is 0 Å². The number of fused-ring (bicyclic) bond motifs is 1. The van der Waals surface area contributed by atoms with Crippen molar-refractivity contribution in [1.29, 1.82) is 0 Å². The summed E-state index contributed by atoms with van der Waals surface area (Å²) in [6.07, 6.45) is 3.38. The minimum absolute atomic E-state index is 0.0324. The summed E-state index contributed by atoms with van der Waals surface area (Å²) in [4.78, 5) is 11.7. The van der Waals surface area contributed by atoms with Crippen LogP contribution in [0.3, 0.4) is 0 Å². The molecule has 3 nitrogen and oxygen atoms in total. The first-order chi connectivity index (χ1) is 8.66. The number of hydrogen-bond acceptors (Lipinski definition) is 2. The molecule has 0 radical (unpaired) electrons. The molecule has 0 atom stereocenters. The van der Waals surface area contributed by atoms with E-state index in [0.29, 0.717) is 24.1 Å². The van der Waals surface area contributed by atoms with Crippen LogP contribution in [-0.2, 0) is 6.42 Å². The average molecular weight is 248 g/mol. The maximum absolute atomic E-state index is 13.7. The Labute approximate surface area is 102 Å². The highest BCUT2D eigenvalue weighted by atomic mass is 19.1. The number of benzene rings is 1. The highest BCUT2D eigenvalue weighted by Crippen LogP contribution is 2.24. The number of ketones is 1. The monoisotopic (exact) mass is 248 g/mol. The minimum atomic E-state index is -0.682. The van der Waals surface area contributed by atoms with Crippen molar-refractivity contribution >= 4 is 5.78 Å². The molecule has 1 aromatic heterocycles. The molecule has 3 rings (SSSR count). The van der Waals surface area contributed by atoms with Crippen LogP contribution >= 0.6 is 0 Å². The van der Waals surface area contributed by atoms with Gasteiger partial charge < -0.3 is 0 Å². The van der Waals surface area contributed by atoms with Gasteiger partial charge in [-0.2, -0.15) is 5.10 Å². The van der Waals surface area contributed by atoms with Crippen molar-refractivity contribution in [2.45, 2.75) is 19.3 Å². The molecule has 0 aliphatic heterocycles. The van der Waals surface area contributed by atoms with Crippen LogP contribution < -0.4 is 0 Å². The fourth-order valence-corrected chi connectivity index (χ4v) is 2.26. The summed E-state index contributed by atoms with van der Waals surface area (Å²) in [5, 5.41) is 4.04. The molecule has 2 aromatic rings. The van der Waals surface area contributed by atoms with E-state index >= 15 is 0 Å². The van der Waals surface area contributed by atoms with Crippen molar-refractivity contribution in [2.75, 3.05) is 0 Å². The lowest BCUT2D eigenvalue weighted by Gasteiger charge is -2.13. The molecule has 0 spiro atoms. The summed E-state index contributed by atoms with van der Waals surface area (Å²) in [6, 6.07) is 3.32. The second-order valence-electron chi connectivity index (χ2n) is 4.29. The Kier molecular flexibility index (Phi) is 2.47. The van der Waals surface area contributed by atoms with Gasteiger partial charge in [0.15, 0.2) is 11.6 Å². The van der Waals surface area contributed by atoms with E-state index < -0.39 is 11.6 Å². The van der Waals surface area contributed by atoms with E-state index in [0.717, 1.165) is 12.5 Å². The number of carbonyl (C=O) groups is 1. The van der Waals surface area contributed by atoms with Crippen LogP contribution in [0.4, 0.5) is 8.78 Å². The summed E-state index contributed by atoms with van der Waals surface area (Å²) in [7, 11) is 0. The van der Waals surface area contributed by atoms with Crippen LogP contribution in [0.1, 0.15) is 28.9 Å². The predicted octanol–water partition coefficient (Wildman–Crippen LogP) is 2.67. The van der Waals surface area contributed by atoms with E-state index in [1.54, 1.807) is 0 Å². The van der Waals surface area contributed by atoms with Crippen LogP contribution in [0.25, 0.3) is 5.69 Å². The van der Waals surface area contributed by atoms with Gasteiger partial charge in [0.1, 0.15) is 11.5 Å². The number of hydrogen-bond donors (Lipinski definition) is 0. The summed E-state index contributed by atoms with van der Waals surface area (Å²) in [6.45, 7) is 0. The SMILES string of the molecule is O=C1CCCc2c1cnn2-c1ccc(F)cc1F. The third kappa shape index (κ3) is 1.63. The van der Waals surface area contributed by atoms with Crippen molar-refractivity contribution < 1.29 is 13.6 Å². The fourth-order valence-electron chi connectivity index (χ4n) is 2.26. The lowest BCUT2D eigenvalue weighted by Crippen LogP contribution is -2.13. The quantitative estimate of drug-likeness (QED) is 0.777. The molecule has 5 heteroatoms. The van der Waals surface area contributed by atoms with Gasteiger partial charge in [-0.25, -0.2) is 13.5 Å². The van der Waals surface area contributed by atoms with Crippen LogP contribution in [-0.4, -0.2) is 15.6 Å². The Hall–Kier alpha value is -2.04. The topological polar surface area (TPSA) is 34.9 Å². The number of halogens is 2. The first-order valence-electron chi connectivity index (χ1n) is 5.72. The molecule has 1 aliphatic carbocycles. The zero-order chi connectivity index (χ0) is 12.7. The molecule has 0 saturated heterocycles. The molecule has 0 fully saturated rings. The molecule has 0 unspecified atom stereocenters. The smallest absolute Gasteiger partial charge is 0.166 e. The van der Waals surface area contributed by atoms with Gasteiger partial charge in [-0.05, 0) is 25.0 Å². The number of rotatable bonds is 1. The second kappa shape index (κ2) is 4.01. The predicted molar refractivity (Wildman–Crippen MR) is 60.7 cm³/mol. The fraction of sp³-hybridized carbons (Fsp3) is 0.231. The largest absolute Gasteiger partial charge is 0.294 e. The summed E-state index contributed by atoms with van der Waals surface area (Å²) in [5.41, 5.74) is 1.43. The molecule has 0 amide bonds. The van der Waals surface area contributed by atoms with Crippen molar-refractivity contribution in [3.63, 3.8) is 0 Å². The maximum atomic E-state index is 13.7. The Bertz CT molecular complexity index is 634. The average Bonchev–Trinajstić information content (AvgIpc) is 2.74. The van der Waals surface area contributed by atoms with Crippen LogP contribution in [0.5, 0.6) is 0 Å². The van der Waals surface area contributed by atoms with Gasteiger partial charge in [0.25, 0.3) is 0 Å². The van der Waals surface area contributed by atoms with Gasteiger partial charge in [-0.15, -0.1) is 0 Å². The third-order valence-corrected chi connectivity index (χ3v) is 3.12. The summed E-state index contributed by atoms with van der Waals surface area (Å²) >= 11 is 0. The van der Waals surface area contributed by atoms with Crippen molar-refractivity contribution in [3.05, 3.63) is 47.3 Å². The van der Waals surface area contributed by atoms with E-state index in [1.807, 2.05) is 0 Å². The summed E-state index contributed by atoms with van der Waals surface area (Å²) in [5.74, 6) is -1.28. The normalized spacial score (nSPS) is 14.7. The van der Waals surface area contributed by atoms with E-state index in [-0.39, 0.29) is 11.5 Å². The lowest BCUT2D eigenvalue weighted by atomic mass is 9.97. The van der Waals surface area contributed by atoms with Gasteiger partial charge in [-0.3, -0.25) is 4.79 Å². The van der Waals surface area contributed by atoms with Gasteiger partial charge in [0.05, 0.1) is 17.5 Å². The first kappa shape index (κ1) is 11.1. The van der Waals surface area contributed by atoms with E-state index in [2.05, 4.69) is 5.10 Å². The molecule has 0 N–H and O–H groups in total. The van der Waals surface area contributed by atoms with E-state index in [4.69, 9.17) is 0 Å².